The van der Waals surface area contributed by atoms with Gasteiger partial charge in [-0.05, 0) is 24.6 Å². The second-order valence-corrected chi connectivity index (χ2v) is 7.02. The third-order valence-electron chi connectivity index (χ3n) is 4.24. The molecule has 0 radical (unpaired) electrons. The number of nitrogens with zero attached hydrogens (tertiary/aromatic N) is 2. The number of amides is 1. The lowest BCUT2D eigenvalue weighted by Crippen LogP contribution is -2.17. The number of aryl methyl sites for hydroxylation is 1. The summed E-state index contributed by atoms with van der Waals surface area (Å²) in [4.78, 5) is 26.8. The van der Waals surface area contributed by atoms with Crippen molar-refractivity contribution < 1.29 is 9.72 Å². The number of hydrogen-bond donors (Lipinski definition) is 2. The molecule has 0 unspecified atom stereocenters. The van der Waals surface area contributed by atoms with Crippen LogP contribution in [0, 0.1) is 22.5 Å². The highest BCUT2D eigenvalue weighted by molar-refractivity contribution is 6.04. The first kappa shape index (κ1) is 17.6. The van der Waals surface area contributed by atoms with Gasteiger partial charge in [0, 0.05) is 29.3 Å². The van der Waals surface area contributed by atoms with Gasteiger partial charge in [0.2, 0.25) is 0 Å². The molecular weight excluding hydrogens is 332 g/mol. The van der Waals surface area contributed by atoms with Crippen LogP contribution >= 0.6 is 0 Å². The van der Waals surface area contributed by atoms with Gasteiger partial charge in [-0.15, -0.1) is 0 Å². The fourth-order valence-corrected chi connectivity index (χ4v) is 2.78. The number of anilines is 1. The molecule has 134 valence electrons. The summed E-state index contributed by atoms with van der Waals surface area (Å²) in [7, 11) is 0. The Bertz CT molecular complexity index is 902. The van der Waals surface area contributed by atoms with Crippen LogP contribution in [-0.4, -0.2) is 22.4 Å². The highest BCUT2D eigenvalue weighted by Crippen LogP contribution is 2.28. The third-order valence-corrected chi connectivity index (χ3v) is 4.24. The second-order valence-electron chi connectivity index (χ2n) is 7.02. The van der Waals surface area contributed by atoms with Crippen LogP contribution in [0.2, 0.25) is 0 Å². The van der Waals surface area contributed by atoms with Crippen LogP contribution in [0.1, 0.15) is 35.5 Å². The summed E-state index contributed by atoms with van der Waals surface area (Å²) in [6.07, 6.45) is 3.59. The largest absolute Gasteiger partial charge is 0.384 e. The summed E-state index contributed by atoms with van der Waals surface area (Å²) in [5.74, 6) is -0.342. The number of carbonyl (C=O) groups is 1. The minimum absolute atomic E-state index is 0.110. The summed E-state index contributed by atoms with van der Waals surface area (Å²) < 4.78 is 0. The van der Waals surface area contributed by atoms with E-state index in [0.29, 0.717) is 16.9 Å². The molecule has 1 aromatic heterocycles. The van der Waals surface area contributed by atoms with Crippen LogP contribution < -0.4 is 10.6 Å². The van der Waals surface area contributed by atoms with Crippen molar-refractivity contribution in [3.63, 3.8) is 0 Å². The van der Waals surface area contributed by atoms with Gasteiger partial charge >= 0.3 is 0 Å². The zero-order valence-corrected chi connectivity index (χ0v) is 14.9. The summed E-state index contributed by atoms with van der Waals surface area (Å²) >= 11 is 0. The Labute approximate surface area is 151 Å². The smallest absolute Gasteiger partial charge is 0.292 e. The molecule has 1 aliphatic rings. The van der Waals surface area contributed by atoms with E-state index in [1.165, 1.54) is 12.3 Å². The summed E-state index contributed by atoms with van der Waals surface area (Å²) in [6.45, 7) is 6.74. The molecule has 26 heavy (non-hydrogen) atoms. The van der Waals surface area contributed by atoms with E-state index in [4.69, 9.17) is 0 Å². The average molecular weight is 352 g/mol. The predicted molar refractivity (Wildman–Crippen MR) is 99.8 cm³/mol. The zero-order chi connectivity index (χ0) is 18.9. The van der Waals surface area contributed by atoms with Gasteiger partial charge in [-0.25, -0.2) is 0 Å². The van der Waals surface area contributed by atoms with Gasteiger partial charge in [0.15, 0.2) is 0 Å². The Hall–Kier alpha value is -3.22. The lowest BCUT2D eigenvalue weighted by molar-refractivity contribution is -0.385. The van der Waals surface area contributed by atoms with E-state index in [2.05, 4.69) is 35.5 Å². The van der Waals surface area contributed by atoms with Crippen molar-refractivity contribution in [2.75, 3.05) is 11.9 Å². The van der Waals surface area contributed by atoms with Crippen LogP contribution in [0.3, 0.4) is 0 Å². The van der Waals surface area contributed by atoms with Crippen molar-refractivity contribution in [2.24, 2.45) is 5.41 Å². The highest BCUT2D eigenvalue weighted by atomic mass is 16.6. The predicted octanol–water partition coefficient (Wildman–Crippen LogP) is 3.52. The van der Waals surface area contributed by atoms with Crippen molar-refractivity contribution in [1.29, 1.82) is 0 Å². The minimum Gasteiger partial charge on any atom is -0.384 e. The minimum atomic E-state index is -0.517. The van der Waals surface area contributed by atoms with E-state index in [9.17, 15) is 14.9 Å². The SMILES string of the molecule is Cc1ncc(NC(=O)c2ccc(C3=CC(C)(C)CN3)cc2)cc1[N+](=O)[O-]. The molecule has 7 nitrogen and oxygen atoms in total. The number of carbonyl (C=O) groups excluding carboxylic acids is 1. The summed E-state index contributed by atoms with van der Waals surface area (Å²) in [5.41, 5.74) is 3.12. The molecule has 1 aliphatic heterocycles. The number of pyridine rings is 1. The molecule has 7 heteroatoms. The molecule has 0 atom stereocenters. The van der Waals surface area contributed by atoms with Crippen molar-refractivity contribution in [1.82, 2.24) is 10.3 Å². The third kappa shape index (κ3) is 3.72. The molecule has 1 amide bonds. The Morgan fingerprint density at radius 3 is 2.58 bits per heavy atom. The molecular formula is C19H20N4O3. The second kappa shape index (κ2) is 6.59. The normalized spacial score (nSPS) is 15.1. The van der Waals surface area contributed by atoms with E-state index in [0.717, 1.165) is 17.8 Å². The molecule has 2 aromatic rings. The van der Waals surface area contributed by atoms with Gasteiger partial charge in [-0.3, -0.25) is 19.9 Å². The van der Waals surface area contributed by atoms with Gasteiger partial charge in [0.1, 0.15) is 5.69 Å². The average Bonchev–Trinajstić information content (AvgIpc) is 2.96. The Morgan fingerprint density at radius 2 is 2.00 bits per heavy atom. The van der Waals surface area contributed by atoms with Crippen LogP contribution in [0.25, 0.3) is 5.70 Å². The first-order chi connectivity index (χ1) is 12.2. The van der Waals surface area contributed by atoms with Crippen molar-refractivity contribution in [2.45, 2.75) is 20.8 Å². The molecule has 0 bridgehead atoms. The monoisotopic (exact) mass is 352 g/mol. The van der Waals surface area contributed by atoms with Crippen LogP contribution in [0.4, 0.5) is 11.4 Å². The van der Waals surface area contributed by atoms with Gasteiger partial charge < -0.3 is 10.6 Å². The number of nitrogens with one attached hydrogen (secondary N) is 2. The highest BCUT2D eigenvalue weighted by Gasteiger charge is 2.23. The zero-order valence-electron chi connectivity index (χ0n) is 14.9. The maximum absolute atomic E-state index is 12.4. The van der Waals surface area contributed by atoms with E-state index >= 15 is 0 Å². The van der Waals surface area contributed by atoms with E-state index in [1.54, 1.807) is 19.1 Å². The Kier molecular flexibility index (Phi) is 4.46. The van der Waals surface area contributed by atoms with Gasteiger partial charge in [-0.1, -0.05) is 32.1 Å². The number of benzene rings is 1. The number of hydrogen-bond acceptors (Lipinski definition) is 5. The number of rotatable bonds is 4. The Balaban J connectivity index is 1.75. The van der Waals surface area contributed by atoms with Crippen LogP contribution in [0.15, 0.2) is 42.6 Å². The number of aromatic nitrogens is 1. The molecule has 2 heterocycles. The molecule has 0 fully saturated rings. The summed E-state index contributed by atoms with van der Waals surface area (Å²) in [6, 6.07) is 8.53. The van der Waals surface area contributed by atoms with Crippen molar-refractivity contribution in [3.05, 3.63) is 69.5 Å². The van der Waals surface area contributed by atoms with Gasteiger partial charge in [0.25, 0.3) is 11.6 Å². The molecule has 3 rings (SSSR count). The topological polar surface area (TPSA) is 97.2 Å². The maximum Gasteiger partial charge on any atom is 0.292 e. The van der Waals surface area contributed by atoms with Crippen LogP contribution in [-0.2, 0) is 0 Å². The van der Waals surface area contributed by atoms with E-state index < -0.39 is 4.92 Å². The first-order valence-corrected chi connectivity index (χ1v) is 8.25. The van der Waals surface area contributed by atoms with Crippen molar-refractivity contribution in [3.8, 4) is 0 Å². The molecule has 2 N–H and O–H groups in total. The standard InChI is InChI=1S/C19H20N4O3/c1-12-17(23(25)26)8-15(10-20-12)22-18(24)14-6-4-13(5-7-14)16-9-19(2,3)11-21-16/h4-10,21H,11H2,1-3H3,(H,22,24). The van der Waals surface area contributed by atoms with Gasteiger partial charge in [-0.2, -0.15) is 0 Å². The van der Waals surface area contributed by atoms with E-state index in [1.807, 2.05) is 12.1 Å². The lowest BCUT2D eigenvalue weighted by atomic mass is 9.95. The van der Waals surface area contributed by atoms with Gasteiger partial charge in [0.05, 0.1) is 16.8 Å². The van der Waals surface area contributed by atoms with Crippen molar-refractivity contribution >= 4 is 23.0 Å². The molecule has 0 saturated heterocycles. The first-order valence-electron chi connectivity index (χ1n) is 8.25. The molecule has 1 aromatic carbocycles. The fraction of sp³-hybridized carbons (Fsp3) is 0.263. The molecule has 0 aliphatic carbocycles. The molecule has 0 saturated carbocycles. The van der Waals surface area contributed by atoms with E-state index in [-0.39, 0.29) is 17.0 Å². The maximum atomic E-state index is 12.4. The number of nitro groups is 1. The quantitative estimate of drug-likeness (QED) is 0.648. The summed E-state index contributed by atoms with van der Waals surface area (Å²) in [5, 5.41) is 17.0. The van der Waals surface area contributed by atoms with Crippen LogP contribution in [0.5, 0.6) is 0 Å². The Morgan fingerprint density at radius 1 is 1.31 bits per heavy atom. The lowest BCUT2D eigenvalue weighted by Gasteiger charge is -2.11. The fourth-order valence-electron chi connectivity index (χ4n) is 2.78. The molecule has 0 spiro atoms.